The van der Waals surface area contributed by atoms with Gasteiger partial charge in [0.25, 0.3) is 0 Å². The molecule has 0 bridgehead atoms. The number of hydrogen-bond acceptors (Lipinski definition) is 4. The van der Waals surface area contributed by atoms with Gasteiger partial charge in [0, 0.05) is 19.6 Å². The highest BCUT2D eigenvalue weighted by molar-refractivity contribution is 5.81. The van der Waals surface area contributed by atoms with Gasteiger partial charge in [0.15, 0.2) is 5.96 Å². The normalized spacial score (nSPS) is 14.3. The van der Waals surface area contributed by atoms with Crippen molar-refractivity contribution < 1.29 is 0 Å². The predicted molar refractivity (Wildman–Crippen MR) is 70.8 cm³/mol. The van der Waals surface area contributed by atoms with E-state index in [1.54, 1.807) is 0 Å². The Morgan fingerprint density at radius 2 is 2.12 bits per heavy atom. The molecule has 0 unspecified atom stereocenters. The number of aliphatic imine (C=N–C) groups is 1. The fourth-order valence-electron chi connectivity index (χ4n) is 1.94. The maximum Gasteiger partial charge on any atom is 0.194 e. The molecule has 0 spiro atoms. The van der Waals surface area contributed by atoms with Crippen molar-refractivity contribution in [2.24, 2.45) is 10.7 Å². The van der Waals surface area contributed by atoms with Crippen LogP contribution in [0.15, 0.2) is 35.3 Å². The van der Waals surface area contributed by atoms with Crippen LogP contribution in [0, 0.1) is 0 Å². The zero-order chi connectivity index (χ0) is 11.9. The molecule has 0 aromatic heterocycles. The molecular weight excluding hydrogens is 212 g/mol. The highest BCUT2D eigenvalue weighted by Gasteiger charge is 2.14. The van der Waals surface area contributed by atoms with Gasteiger partial charge in [-0.1, -0.05) is 30.3 Å². The molecule has 1 aliphatic rings. The van der Waals surface area contributed by atoms with Crippen molar-refractivity contribution in [3.05, 3.63) is 35.9 Å². The van der Waals surface area contributed by atoms with Gasteiger partial charge < -0.3 is 16.0 Å². The van der Waals surface area contributed by atoms with Crippen LogP contribution in [0.4, 0.5) is 0 Å². The summed E-state index contributed by atoms with van der Waals surface area (Å²) in [4.78, 5) is 6.75. The first kappa shape index (κ1) is 11.9. The molecule has 0 amide bonds. The van der Waals surface area contributed by atoms with E-state index in [0.717, 1.165) is 45.1 Å². The number of rotatable bonds is 5. The smallest absolute Gasteiger partial charge is 0.194 e. The van der Waals surface area contributed by atoms with E-state index in [1.807, 2.05) is 6.07 Å². The molecule has 0 atom stereocenters. The number of nitrogens with one attached hydrogen (secondary N) is 1. The zero-order valence-corrected chi connectivity index (χ0v) is 10.1. The number of nitrogens with two attached hydrogens (primary N) is 1. The lowest BCUT2D eigenvalue weighted by Crippen LogP contribution is -2.39. The van der Waals surface area contributed by atoms with Crippen molar-refractivity contribution in [2.45, 2.75) is 13.0 Å². The van der Waals surface area contributed by atoms with Gasteiger partial charge in [0.1, 0.15) is 0 Å². The predicted octanol–water partition coefficient (Wildman–Crippen LogP) is 0.797. The molecule has 4 heteroatoms. The molecule has 4 nitrogen and oxygen atoms in total. The molecule has 1 aromatic rings. The van der Waals surface area contributed by atoms with E-state index in [0.29, 0.717) is 0 Å². The van der Waals surface area contributed by atoms with Crippen LogP contribution >= 0.6 is 0 Å². The minimum atomic E-state index is 0.721. The van der Waals surface area contributed by atoms with Gasteiger partial charge in [0.2, 0.25) is 0 Å². The molecule has 0 aliphatic carbocycles. The molecule has 0 saturated heterocycles. The average molecular weight is 232 g/mol. The second-order valence-electron chi connectivity index (χ2n) is 4.18. The summed E-state index contributed by atoms with van der Waals surface area (Å²) >= 11 is 0. The fourth-order valence-corrected chi connectivity index (χ4v) is 1.94. The van der Waals surface area contributed by atoms with Gasteiger partial charge in [-0.05, 0) is 18.5 Å². The zero-order valence-electron chi connectivity index (χ0n) is 10.1. The van der Waals surface area contributed by atoms with E-state index in [-0.39, 0.29) is 0 Å². The highest BCUT2D eigenvalue weighted by atomic mass is 15.3. The van der Waals surface area contributed by atoms with Gasteiger partial charge in [-0.25, -0.2) is 0 Å². The van der Waals surface area contributed by atoms with E-state index < -0.39 is 0 Å². The highest BCUT2D eigenvalue weighted by Crippen LogP contribution is 2.06. The Labute approximate surface area is 103 Å². The van der Waals surface area contributed by atoms with Gasteiger partial charge in [-0.2, -0.15) is 0 Å². The van der Waals surface area contributed by atoms with Gasteiger partial charge in [-0.15, -0.1) is 0 Å². The fraction of sp³-hybridized carbons (Fsp3) is 0.462. The Hall–Kier alpha value is -1.55. The van der Waals surface area contributed by atoms with Crippen molar-refractivity contribution in [1.82, 2.24) is 10.2 Å². The largest absolute Gasteiger partial charge is 0.354 e. The third kappa shape index (κ3) is 3.46. The van der Waals surface area contributed by atoms with E-state index in [4.69, 9.17) is 5.73 Å². The molecular formula is C13H20N4. The first-order valence-electron chi connectivity index (χ1n) is 6.17. The molecule has 3 N–H and O–H groups in total. The number of benzene rings is 1. The Balaban J connectivity index is 2.00. The van der Waals surface area contributed by atoms with Gasteiger partial charge >= 0.3 is 0 Å². The second-order valence-corrected chi connectivity index (χ2v) is 4.18. The number of hydrogen-bond donors (Lipinski definition) is 2. The maximum absolute atomic E-state index is 5.58. The summed E-state index contributed by atoms with van der Waals surface area (Å²) in [6.07, 6.45) is 0.994. The van der Waals surface area contributed by atoms with Gasteiger partial charge in [0.05, 0.1) is 6.54 Å². The topological polar surface area (TPSA) is 53.6 Å². The molecule has 17 heavy (non-hydrogen) atoms. The molecule has 92 valence electrons. The van der Waals surface area contributed by atoms with Crippen LogP contribution < -0.4 is 11.1 Å². The van der Waals surface area contributed by atoms with Crippen LogP contribution in [-0.4, -0.2) is 37.0 Å². The first-order valence-corrected chi connectivity index (χ1v) is 6.17. The molecule has 2 rings (SSSR count). The summed E-state index contributed by atoms with van der Waals surface area (Å²) in [5.74, 6) is 1.02. The number of guanidine groups is 1. The summed E-state index contributed by atoms with van der Waals surface area (Å²) < 4.78 is 0. The molecule has 0 radical (unpaired) electrons. The van der Waals surface area contributed by atoms with E-state index in [9.17, 15) is 0 Å². The lowest BCUT2D eigenvalue weighted by Gasteiger charge is -2.24. The van der Waals surface area contributed by atoms with Crippen molar-refractivity contribution in [1.29, 1.82) is 0 Å². The lowest BCUT2D eigenvalue weighted by molar-refractivity contribution is 0.397. The third-order valence-corrected chi connectivity index (χ3v) is 2.80. The Morgan fingerprint density at radius 1 is 1.29 bits per heavy atom. The van der Waals surface area contributed by atoms with Crippen LogP contribution in [-0.2, 0) is 6.54 Å². The SMILES string of the molecule is NCCCN(Cc1ccccc1)C1=NCCN1. The summed E-state index contributed by atoms with van der Waals surface area (Å²) in [5, 5.41) is 3.32. The summed E-state index contributed by atoms with van der Waals surface area (Å²) in [6, 6.07) is 10.5. The van der Waals surface area contributed by atoms with Crippen molar-refractivity contribution in [3.8, 4) is 0 Å². The van der Waals surface area contributed by atoms with Crippen molar-refractivity contribution in [2.75, 3.05) is 26.2 Å². The van der Waals surface area contributed by atoms with Crippen LogP contribution in [0.2, 0.25) is 0 Å². The van der Waals surface area contributed by atoms with E-state index in [2.05, 4.69) is 39.5 Å². The van der Waals surface area contributed by atoms with Gasteiger partial charge in [-0.3, -0.25) is 4.99 Å². The van der Waals surface area contributed by atoms with E-state index >= 15 is 0 Å². The monoisotopic (exact) mass is 232 g/mol. The molecule has 1 aliphatic heterocycles. The standard InChI is InChI=1S/C13H20N4/c14-7-4-10-17(13-15-8-9-16-13)11-12-5-2-1-3-6-12/h1-3,5-6H,4,7-11,14H2,(H,15,16). The first-order chi connectivity index (χ1) is 8.40. The van der Waals surface area contributed by atoms with Crippen LogP contribution in [0.1, 0.15) is 12.0 Å². The van der Waals surface area contributed by atoms with Crippen molar-refractivity contribution >= 4 is 5.96 Å². The number of nitrogens with zero attached hydrogens (tertiary/aromatic N) is 2. The summed E-state index contributed by atoms with van der Waals surface area (Å²) in [5.41, 5.74) is 6.89. The Morgan fingerprint density at radius 3 is 2.76 bits per heavy atom. The minimum Gasteiger partial charge on any atom is -0.354 e. The third-order valence-electron chi connectivity index (χ3n) is 2.80. The summed E-state index contributed by atoms with van der Waals surface area (Å²) in [7, 11) is 0. The van der Waals surface area contributed by atoms with Crippen LogP contribution in [0.25, 0.3) is 0 Å². The van der Waals surface area contributed by atoms with Crippen LogP contribution in [0.5, 0.6) is 0 Å². The Kier molecular flexibility index (Phi) is 4.38. The molecule has 1 heterocycles. The average Bonchev–Trinajstić information content (AvgIpc) is 2.89. The molecule has 0 fully saturated rings. The molecule has 1 aromatic carbocycles. The van der Waals surface area contributed by atoms with Crippen molar-refractivity contribution in [3.63, 3.8) is 0 Å². The maximum atomic E-state index is 5.58. The van der Waals surface area contributed by atoms with Crippen LogP contribution in [0.3, 0.4) is 0 Å². The lowest BCUT2D eigenvalue weighted by atomic mass is 10.2. The quantitative estimate of drug-likeness (QED) is 0.789. The second kappa shape index (κ2) is 6.25. The summed E-state index contributed by atoms with van der Waals surface area (Å²) in [6.45, 7) is 4.40. The molecule has 0 saturated carbocycles. The minimum absolute atomic E-state index is 0.721. The van der Waals surface area contributed by atoms with E-state index in [1.165, 1.54) is 5.56 Å². The Bertz CT molecular complexity index is 361.